The summed E-state index contributed by atoms with van der Waals surface area (Å²) in [5, 5.41) is 12.4. The van der Waals surface area contributed by atoms with Crippen LogP contribution in [0.15, 0.2) is 72.8 Å². The van der Waals surface area contributed by atoms with Gasteiger partial charge in [-0.3, -0.25) is 4.79 Å². The highest BCUT2D eigenvalue weighted by atomic mass is 16.6. The second kappa shape index (κ2) is 12.2. The SMILES string of the molecule is COc1cccc(C(=O)O[C@H](C(=O)O)[C@H](OC(=O)c2cccc(OC)c2)C(=O)Nc2ccc(C)cc2)c1. The highest BCUT2D eigenvalue weighted by Gasteiger charge is 2.41. The summed E-state index contributed by atoms with van der Waals surface area (Å²) in [6.45, 7) is 1.85. The van der Waals surface area contributed by atoms with Crippen molar-refractivity contribution in [3.8, 4) is 11.5 Å². The number of ether oxygens (including phenoxy) is 4. The Morgan fingerprint density at radius 1 is 0.730 bits per heavy atom. The Labute approximate surface area is 212 Å². The van der Waals surface area contributed by atoms with E-state index in [-0.39, 0.29) is 11.1 Å². The quantitative estimate of drug-likeness (QED) is 0.395. The van der Waals surface area contributed by atoms with Crippen LogP contribution in [0.5, 0.6) is 11.5 Å². The van der Waals surface area contributed by atoms with Gasteiger partial charge in [-0.1, -0.05) is 29.8 Å². The molecule has 0 saturated carbocycles. The van der Waals surface area contributed by atoms with Gasteiger partial charge < -0.3 is 29.4 Å². The molecule has 3 rings (SSSR count). The lowest BCUT2D eigenvalue weighted by Crippen LogP contribution is -2.48. The number of esters is 2. The Kier molecular flexibility index (Phi) is 8.82. The highest BCUT2D eigenvalue weighted by Crippen LogP contribution is 2.20. The Morgan fingerprint density at radius 3 is 1.68 bits per heavy atom. The molecule has 0 bridgehead atoms. The number of carbonyl (C=O) groups excluding carboxylic acids is 3. The molecule has 0 aliphatic rings. The van der Waals surface area contributed by atoms with E-state index >= 15 is 0 Å². The molecule has 1 amide bonds. The normalized spacial score (nSPS) is 12.0. The largest absolute Gasteiger partial charge is 0.497 e. The van der Waals surface area contributed by atoms with Crippen LogP contribution in [0, 0.1) is 6.92 Å². The number of nitrogens with one attached hydrogen (secondary N) is 1. The first-order valence-corrected chi connectivity index (χ1v) is 11.0. The standard InChI is InChI=1S/C27H25NO9/c1-16-10-12-19(13-11-16)28-24(29)22(36-26(32)17-6-4-8-20(14-17)34-2)23(25(30)31)37-27(33)18-7-5-9-21(15-18)35-3/h4-15,22-23H,1-3H3,(H,28,29)(H,30,31)/t22-,23-/m0/s1. The van der Waals surface area contributed by atoms with Gasteiger partial charge in [0, 0.05) is 5.69 Å². The van der Waals surface area contributed by atoms with Gasteiger partial charge in [-0.25, -0.2) is 14.4 Å². The zero-order valence-corrected chi connectivity index (χ0v) is 20.3. The van der Waals surface area contributed by atoms with Gasteiger partial charge in [-0.05, 0) is 55.5 Å². The number of rotatable bonds is 10. The summed E-state index contributed by atoms with van der Waals surface area (Å²) in [6.07, 6.45) is -4.20. The minimum Gasteiger partial charge on any atom is -0.497 e. The maximum Gasteiger partial charge on any atom is 0.349 e. The third-order valence-corrected chi connectivity index (χ3v) is 5.17. The lowest BCUT2D eigenvalue weighted by atomic mass is 10.1. The molecular weight excluding hydrogens is 482 g/mol. The van der Waals surface area contributed by atoms with Gasteiger partial charge in [0.05, 0.1) is 25.3 Å². The molecular formula is C27H25NO9. The average molecular weight is 507 g/mol. The van der Waals surface area contributed by atoms with Gasteiger partial charge in [0.25, 0.3) is 5.91 Å². The van der Waals surface area contributed by atoms with E-state index in [0.717, 1.165) is 5.56 Å². The zero-order valence-electron chi connectivity index (χ0n) is 20.3. The van der Waals surface area contributed by atoms with Crippen LogP contribution in [0.2, 0.25) is 0 Å². The number of aliphatic carboxylic acids is 1. The van der Waals surface area contributed by atoms with Gasteiger partial charge in [0.1, 0.15) is 11.5 Å². The molecule has 10 heteroatoms. The number of carboxylic acid groups (broad SMARTS) is 1. The highest BCUT2D eigenvalue weighted by molar-refractivity contribution is 6.01. The van der Waals surface area contributed by atoms with Crippen molar-refractivity contribution >= 4 is 29.5 Å². The number of methoxy groups -OCH3 is 2. The monoisotopic (exact) mass is 507 g/mol. The van der Waals surface area contributed by atoms with Crippen LogP contribution in [0.3, 0.4) is 0 Å². The predicted octanol–water partition coefficient (Wildman–Crippen LogP) is 3.49. The summed E-state index contributed by atoms with van der Waals surface area (Å²) >= 11 is 0. The minimum absolute atomic E-state index is 0.00394. The number of carboxylic acids is 1. The first-order chi connectivity index (χ1) is 17.7. The molecule has 37 heavy (non-hydrogen) atoms. The van der Waals surface area contributed by atoms with Gasteiger partial charge in [-0.15, -0.1) is 0 Å². The third-order valence-electron chi connectivity index (χ3n) is 5.17. The second-order valence-electron chi connectivity index (χ2n) is 7.81. The minimum atomic E-state index is -2.17. The Morgan fingerprint density at radius 2 is 1.22 bits per heavy atom. The van der Waals surface area contributed by atoms with Gasteiger partial charge in [0.2, 0.25) is 12.2 Å². The molecule has 0 heterocycles. The van der Waals surface area contributed by atoms with Crippen LogP contribution in [0.1, 0.15) is 26.3 Å². The summed E-state index contributed by atoms with van der Waals surface area (Å²) in [4.78, 5) is 51.0. The van der Waals surface area contributed by atoms with E-state index in [9.17, 15) is 24.3 Å². The Hall–Kier alpha value is -4.86. The van der Waals surface area contributed by atoms with Crippen LogP contribution in [0.25, 0.3) is 0 Å². The number of hydrogen-bond acceptors (Lipinski definition) is 8. The fraction of sp³-hybridized carbons (Fsp3) is 0.185. The number of amides is 1. The van der Waals surface area contributed by atoms with E-state index in [1.807, 2.05) is 6.92 Å². The van der Waals surface area contributed by atoms with Crippen molar-refractivity contribution in [1.29, 1.82) is 0 Å². The molecule has 0 radical (unpaired) electrons. The molecule has 0 aromatic heterocycles. The predicted molar refractivity (Wildman–Crippen MR) is 132 cm³/mol. The van der Waals surface area contributed by atoms with Crippen LogP contribution in [-0.4, -0.2) is 55.3 Å². The molecule has 3 aromatic rings. The van der Waals surface area contributed by atoms with Crippen molar-refractivity contribution in [3.63, 3.8) is 0 Å². The van der Waals surface area contributed by atoms with E-state index in [2.05, 4.69) is 5.32 Å². The molecule has 10 nitrogen and oxygen atoms in total. The molecule has 0 spiro atoms. The number of aryl methyl sites for hydroxylation is 1. The van der Waals surface area contributed by atoms with Crippen molar-refractivity contribution in [2.75, 3.05) is 19.5 Å². The lowest BCUT2D eigenvalue weighted by Gasteiger charge is -2.23. The Balaban J connectivity index is 1.92. The van der Waals surface area contributed by atoms with Crippen molar-refractivity contribution in [1.82, 2.24) is 0 Å². The molecule has 0 fully saturated rings. The summed E-state index contributed by atoms with van der Waals surface area (Å²) in [5.74, 6) is -4.11. The second-order valence-corrected chi connectivity index (χ2v) is 7.81. The van der Waals surface area contributed by atoms with Gasteiger partial charge in [-0.2, -0.15) is 0 Å². The van der Waals surface area contributed by atoms with Crippen molar-refractivity contribution in [2.45, 2.75) is 19.1 Å². The molecule has 192 valence electrons. The number of hydrogen-bond donors (Lipinski definition) is 2. The topological polar surface area (TPSA) is 137 Å². The van der Waals surface area contributed by atoms with E-state index in [0.29, 0.717) is 17.2 Å². The third kappa shape index (κ3) is 7.07. The van der Waals surface area contributed by atoms with Crippen LogP contribution < -0.4 is 14.8 Å². The molecule has 0 unspecified atom stereocenters. The van der Waals surface area contributed by atoms with E-state index in [1.165, 1.54) is 50.6 Å². The number of benzene rings is 3. The Bertz CT molecular complexity index is 1290. The maximum absolute atomic E-state index is 13.2. The van der Waals surface area contributed by atoms with Crippen molar-refractivity contribution < 1.29 is 43.2 Å². The molecule has 3 aromatic carbocycles. The van der Waals surface area contributed by atoms with Crippen LogP contribution in [0.4, 0.5) is 5.69 Å². The lowest BCUT2D eigenvalue weighted by molar-refractivity contribution is -0.157. The van der Waals surface area contributed by atoms with Crippen molar-refractivity contribution in [2.24, 2.45) is 0 Å². The first kappa shape index (κ1) is 26.7. The van der Waals surface area contributed by atoms with Crippen LogP contribution in [-0.2, 0) is 19.1 Å². The summed E-state index contributed by atoms with van der Waals surface area (Å²) < 4.78 is 20.6. The molecule has 2 N–H and O–H groups in total. The molecule has 0 saturated heterocycles. The fourth-order valence-electron chi connectivity index (χ4n) is 3.21. The molecule has 2 atom stereocenters. The van der Waals surface area contributed by atoms with Gasteiger partial charge in [0.15, 0.2) is 0 Å². The first-order valence-electron chi connectivity index (χ1n) is 11.0. The van der Waals surface area contributed by atoms with E-state index in [4.69, 9.17) is 18.9 Å². The zero-order chi connectivity index (χ0) is 26.9. The summed E-state index contributed by atoms with van der Waals surface area (Å²) in [6, 6.07) is 18.3. The van der Waals surface area contributed by atoms with E-state index in [1.54, 1.807) is 36.4 Å². The van der Waals surface area contributed by atoms with Gasteiger partial charge >= 0.3 is 17.9 Å². The average Bonchev–Trinajstić information content (AvgIpc) is 2.91. The summed E-state index contributed by atoms with van der Waals surface area (Å²) in [5.41, 5.74) is 1.22. The number of anilines is 1. The number of carbonyl (C=O) groups is 4. The summed E-state index contributed by atoms with van der Waals surface area (Å²) in [7, 11) is 2.80. The fourth-order valence-corrected chi connectivity index (χ4v) is 3.21. The smallest absolute Gasteiger partial charge is 0.349 e. The van der Waals surface area contributed by atoms with Crippen LogP contribution >= 0.6 is 0 Å². The molecule has 0 aliphatic carbocycles. The van der Waals surface area contributed by atoms with E-state index < -0.39 is 36.0 Å². The molecule has 0 aliphatic heterocycles. The van der Waals surface area contributed by atoms with Crippen molar-refractivity contribution in [3.05, 3.63) is 89.5 Å². The maximum atomic E-state index is 13.2.